The monoisotopic (exact) mass is 284 g/mol. The van der Waals surface area contributed by atoms with Gasteiger partial charge in [-0.2, -0.15) is 0 Å². The summed E-state index contributed by atoms with van der Waals surface area (Å²) < 4.78 is 12.9. The van der Waals surface area contributed by atoms with E-state index >= 15 is 0 Å². The Bertz CT molecular complexity index is 331. The number of carbonyl (C=O) groups is 1. The van der Waals surface area contributed by atoms with Crippen LogP contribution in [-0.4, -0.2) is 11.1 Å². The van der Waals surface area contributed by atoms with Crippen molar-refractivity contribution in [2.75, 3.05) is 5.33 Å². The Morgan fingerprint density at radius 3 is 2.23 bits per heavy atom. The Hall–Kier alpha value is -0.120. The number of benzene rings is 1. The minimum atomic E-state index is -0.700. The van der Waals surface area contributed by atoms with Gasteiger partial charge in [-0.3, -0.25) is 4.79 Å². The van der Waals surface area contributed by atoms with Crippen LogP contribution in [0.5, 0.6) is 0 Å². The normalized spacial score (nSPS) is 10.2. The number of hydrogen-bond donors (Lipinski definition) is 0. The first-order valence-electron chi connectivity index (χ1n) is 3.30. The van der Waals surface area contributed by atoms with E-state index in [2.05, 4.69) is 15.9 Å². The molecular weight excluding hydrogens is 282 g/mol. The van der Waals surface area contributed by atoms with E-state index in [1.54, 1.807) is 0 Å². The number of Topliss-reactive ketones (excluding diaryl/α,β-unsaturated/α-hetero) is 1. The maximum Gasteiger partial charge on any atom is 0.173 e. The zero-order valence-corrected chi connectivity index (χ0v) is 9.38. The summed E-state index contributed by atoms with van der Waals surface area (Å²) in [4.78, 5) is 11.1. The fourth-order valence-corrected chi connectivity index (χ4v) is 1.60. The zero-order chi connectivity index (χ0) is 10.0. The zero-order valence-electron chi connectivity index (χ0n) is 6.28. The van der Waals surface area contributed by atoms with Crippen molar-refractivity contribution in [3.8, 4) is 0 Å². The lowest BCUT2D eigenvalue weighted by molar-refractivity contribution is 0.102. The summed E-state index contributed by atoms with van der Waals surface area (Å²) >= 11 is 14.0. The molecular formula is C8H4BrCl2FO. The highest BCUT2D eigenvalue weighted by molar-refractivity contribution is 9.09. The van der Waals surface area contributed by atoms with Crippen LogP contribution < -0.4 is 0 Å². The van der Waals surface area contributed by atoms with Crippen molar-refractivity contribution in [2.24, 2.45) is 0 Å². The van der Waals surface area contributed by atoms with Gasteiger partial charge < -0.3 is 0 Å². The van der Waals surface area contributed by atoms with Gasteiger partial charge in [-0.25, -0.2) is 4.39 Å². The van der Waals surface area contributed by atoms with E-state index in [-0.39, 0.29) is 21.2 Å². The Morgan fingerprint density at radius 2 is 1.85 bits per heavy atom. The Balaban J connectivity index is 3.20. The first-order chi connectivity index (χ1) is 6.06. The summed E-state index contributed by atoms with van der Waals surface area (Å²) in [5, 5.41) is -0.126. The van der Waals surface area contributed by atoms with Crippen molar-refractivity contribution in [3.05, 3.63) is 33.6 Å². The molecule has 1 aromatic rings. The lowest BCUT2D eigenvalue weighted by Gasteiger charge is -2.01. The molecule has 0 aromatic heterocycles. The van der Waals surface area contributed by atoms with E-state index in [0.717, 1.165) is 0 Å². The average molecular weight is 286 g/mol. The topological polar surface area (TPSA) is 17.1 Å². The van der Waals surface area contributed by atoms with Crippen molar-refractivity contribution in [3.63, 3.8) is 0 Å². The quantitative estimate of drug-likeness (QED) is 0.460. The summed E-state index contributed by atoms with van der Waals surface area (Å²) in [6, 6.07) is 2.51. The Labute approximate surface area is 93.0 Å². The van der Waals surface area contributed by atoms with E-state index in [1.807, 2.05) is 0 Å². The van der Waals surface area contributed by atoms with Crippen LogP contribution in [0.15, 0.2) is 12.1 Å². The SMILES string of the molecule is O=C(CBr)c1cc(Cl)c(F)c(Cl)c1. The smallest absolute Gasteiger partial charge is 0.173 e. The molecule has 5 heteroatoms. The highest BCUT2D eigenvalue weighted by Crippen LogP contribution is 2.24. The third-order valence-corrected chi connectivity index (χ3v) is 2.49. The maximum absolute atomic E-state index is 12.9. The summed E-state index contributed by atoms with van der Waals surface area (Å²) in [5.41, 5.74) is 0.299. The van der Waals surface area contributed by atoms with Crippen LogP contribution >= 0.6 is 39.1 Å². The van der Waals surface area contributed by atoms with E-state index in [9.17, 15) is 9.18 Å². The van der Waals surface area contributed by atoms with Gasteiger partial charge in [0.25, 0.3) is 0 Å². The van der Waals surface area contributed by atoms with E-state index < -0.39 is 5.82 Å². The minimum Gasteiger partial charge on any atom is -0.293 e. The van der Waals surface area contributed by atoms with E-state index in [4.69, 9.17) is 23.2 Å². The standard InChI is InChI=1S/C8H4BrCl2FO/c9-3-7(13)4-1-5(10)8(12)6(11)2-4/h1-2H,3H2. The van der Waals surface area contributed by atoms with Crippen molar-refractivity contribution in [1.82, 2.24) is 0 Å². The number of rotatable bonds is 2. The van der Waals surface area contributed by atoms with Gasteiger partial charge in [0.15, 0.2) is 11.6 Å². The number of halogens is 4. The molecule has 0 aliphatic carbocycles. The van der Waals surface area contributed by atoms with Gasteiger partial charge in [-0.1, -0.05) is 39.1 Å². The lowest BCUT2D eigenvalue weighted by atomic mass is 10.1. The largest absolute Gasteiger partial charge is 0.293 e. The van der Waals surface area contributed by atoms with Gasteiger partial charge in [0.1, 0.15) is 0 Å². The first kappa shape index (κ1) is 11.0. The van der Waals surface area contributed by atoms with Gasteiger partial charge in [-0.05, 0) is 12.1 Å². The first-order valence-corrected chi connectivity index (χ1v) is 5.17. The lowest BCUT2D eigenvalue weighted by Crippen LogP contribution is -2.00. The third-order valence-electron chi connectivity index (χ3n) is 1.43. The van der Waals surface area contributed by atoms with Crippen LogP contribution in [0.3, 0.4) is 0 Å². The van der Waals surface area contributed by atoms with E-state index in [1.165, 1.54) is 12.1 Å². The second kappa shape index (κ2) is 4.40. The second-order valence-corrected chi connectivity index (χ2v) is 3.69. The number of hydrogen-bond acceptors (Lipinski definition) is 1. The predicted octanol–water partition coefficient (Wildman–Crippen LogP) is 3.71. The van der Waals surface area contributed by atoms with Gasteiger partial charge in [0.05, 0.1) is 15.4 Å². The molecule has 0 aliphatic rings. The molecule has 0 saturated heterocycles. The average Bonchev–Trinajstić information content (AvgIpc) is 2.12. The summed E-state index contributed by atoms with van der Waals surface area (Å²) in [6.45, 7) is 0. The van der Waals surface area contributed by atoms with Crippen molar-refractivity contribution in [2.45, 2.75) is 0 Å². The number of alkyl halides is 1. The summed E-state index contributed by atoms with van der Waals surface area (Å²) in [7, 11) is 0. The van der Waals surface area contributed by atoms with Crippen molar-refractivity contribution < 1.29 is 9.18 Å². The molecule has 0 atom stereocenters. The van der Waals surface area contributed by atoms with Gasteiger partial charge in [-0.15, -0.1) is 0 Å². The van der Waals surface area contributed by atoms with Gasteiger partial charge in [0.2, 0.25) is 0 Å². The van der Waals surface area contributed by atoms with Crippen LogP contribution in [0.25, 0.3) is 0 Å². The van der Waals surface area contributed by atoms with Crippen LogP contribution in [0.1, 0.15) is 10.4 Å². The molecule has 0 saturated carbocycles. The molecule has 70 valence electrons. The highest BCUT2D eigenvalue weighted by atomic mass is 79.9. The van der Waals surface area contributed by atoms with Crippen LogP contribution in [-0.2, 0) is 0 Å². The Kier molecular flexibility index (Phi) is 3.71. The minimum absolute atomic E-state index is 0.142. The fourth-order valence-electron chi connectivity index (χ4n) is 0.794. The molecule has 0 radical (unpaired) electrons. The molecule has 0 heterocycles. The molecule has 0 spiro atoms. The summed E-state index contributed by atoms with van der Waals surface area (Å²) in [6.07, 6.45) is 0. The highest BCUT2D eigenvalue weighted by Gasteiger charge is 2.11. The van der Waals surface area contributed by atoms with Crippen LogP contribution in [0, 0.1) is 5.82 Å². The molecule has 0 N–H and O–H groups in total. The second-order valence-electron chi connectivity index (χ2n) is 2.31. The fraction of sp³-hybridized carbons (Fsp3) is 0.125. The third kappa shape index (κ3) is 2.42. The molecule has 0 fully saturated rings. The van der Waals surface area contributed by atoms with E-state index in [0.29, 0.717) is 5.56 Å². The molecule has 1 nitrogen and oxygen atoms in total. The maximum atomic E-state index is 12.9. The molecule has 0 aliphatic heterocycles. The molecule has 13 heavy (non-hydrogen) atoms. The molecule has 1 aromatic carbocycles. The van der Waals surface area contributed by atoms with Gasteiger partial charge in [0, 0.05) is 5.56 Å². The van der Waals surface area contributed by atoms with Crippen LogP contribution in [0.4, 0.5) is 4.39 Å². The van der Waals surface area contributed by atoms with Crippen LogP contribution in [0.2, 0.25) is 10.0 Å². The van der Waals surface area contributed by atoms with Crippen molar-refractivity contribution in [1.29, 1.82) is 0 Å². The molecule has 0 unspecified atom stereocenters. The van der Waals surface area contributed by atoms with Gasteiger partial charge >= 0.3 is 0 Å². The Morgan fingerprint density at radius 1 is 1.38 bits per heavy atom. The summed E-state index contributed by atoms with van der Waals surface area (Å²) in [5.74, 6) is -0.891. The number of ketones is 1. The predicted molar refractivity (Wildman–Crippen MR) is 54.5 cm³/mol. The molecule has 0 bridgehead atoms. The van der Waals surface area contributed by atoms with Crippen molar-refractivity contribution >= 4 is 44.9 Å². The molecule has 0 amide bonds. The molecule has 1 rings (SSSR count). The number of carbonyl (C=O) groups excluding carboxylic acids is 1.